The maximum atomic E-state index is 13.2. The molecule has 4 nitrogen and oxygen atoms in total. The molecular weight excluding hydrogens is 262 g/mol. The summed E-state index contributed by atoms with van der Waals surface area (Å²) in [5.41, 5.74) is 5.87. The summed E-state index contributed by atoms with van der Waals surface area (Å²) >= 11 is 0. The van der Waals surface area contributed by atoms with Crippen molar-refractivity contribution >= 4 is 17.3 Å². The normalized spacial score (nSPS) is 11.4. The molecule has 0 aliphatic rings. The van der Waals surface area contributed by atoms with Crippen LogP contribution in [0.5, 0.6) is 0 Å². The van der Waals surface area contributed by atoms with Gasteiger partial charge in [-0.15, -0.1) is 0 Å². The number of hydrogen-bond donors (Lipinski definition) is 2. The van der Waals surface area contributed by atoms with Crippen LogP contribution in [0.25, 0.3) is 0 Å². The standard InChI is InChI=1S/C14H16F2N4/c1-14(2,3)13-19-11(17)7-12(20-13)18-8-4-5-9(15)10(16)6-8/h4-7H,1-3H3,(H3,17,18,19,20). The molecule has 0 fully saturated rings. The van der Waals surface area contributed by atoms with Gasteiger partial charge in [0.1, 0.15) is 17.5 Å². The summed E-state index contributed by atoms with van der Waals surface area (Å²) < 4.78 is 26.0. The highest BCUT2D eigenvalue weighted by Crippen LogP contribution is 2.23. The van der Waals surface area contributed by atoms with Crippen molar-refractivity contribution in [2.45, 2.75) is 26.2 Å². The van der Waals surface area contributed by atoms with Crippen LogP contribution >= 0.6 is 0 Å². The molecule has 0 atom stereocenters. The first-order valence-electron chi connectivity index (χ1n) is 6.13. The van der Waals surface area contributed by atoms with Crippen LogP contribution in [0.3, 0.4) is 0 Å². The lowest BCUT2D eigenvalue weighted by Crippen LogP contribution is -2.17. The van der Waals surface area contributed by atoms with Gasteiger partial charge >= 0.3 is 0 Å². The lowest BCUT2D eigenvalue weighted by molar-refractivity contribution is 0.509. The zero-order valence-corrected chi connectivity index (χ0v) is 11.5. The van der Waals surface area contributed by atoms with Crippen LogP contribution in [-0.2, 0) is 5.41 Å². The van der Waals surface area contributed by atoms with Crippen molar-refractivity contribution in [3.63, 3.8) is 0 Å². The fourth-order valence-electron chi connectivity index (χ4n) is 1.59. The molecule has 0 amide bonds. The fourth-order valence-corrected chi connectivity index (χ4v) is 1.59. The second kappa shape index (κ2) is 5.03. The van der Waals surface area contributed by atoms with Crippen LogP contribution in [0.2, 0.25) is 0 Å². The molecule has 0 saturated heterocycles. The van der Waals surface area contributed by atoms with Gasteiger partial charge in [-0.2, -0.15) is 0 Å². The van der Waals surface area contributed by atoms with Crippen LogP contribution in [0.1, 0.15) is 26.6 Å². The molecule has 6 heteroatoms. The van der Waals surface area contributed by atoms with Gasteiger partial charge in [0.15, 0.2) is 11.6 Å². The van der Waals surface area contributed by atoms with E-state index in [0.717, 1.165) is 12.1 Å². The van der Waals surface area contributed by atoms with E-state index in [1.165, 1.54) is 12.1 Å². The van der Waals surface area contributed by atoms with Gasteiger partial charge in [0.05, 0.1) is 0 Å². The summed E-state index contributed by atoms with van der Waals surface area (Å²) in [6.45, 7) is 5.88. The molecule has 3 N–H and O–H groups in total. The molecule has 1 heterocycles. The molecule has 20 heavy (non-hydrogen) atoms. The highest BCUT2D eigenvalue weighted by atomic mass is 19.2. The van der Waals surface area contributed by atoms with Crippen molar-refractivity contribution in [1.29, 1.82) is 0 Å². The predicted molar refractivity (Wildman–Crippen MR) is 74.8 cm³/mol. The minimum absolute atomic E-state index is 0.264. The summed E-state index contributed by atoms with van der Waals surface area (Å²) in [4.78, 5) is 8.50. The van der Waals surface area contributed by atoms with Gasteiger partial charge in [0, 0.05) is 23.2 Å². The summed E-state index contributed by atoms with van der Waals surface area (Å²) in [6, 6.07) is 5.07. The molecule has 1 aromatic heterocycles. The Morgan fingerprint density at radius 2 is 1.75 bits per heavy atom. The molecule has 0 saturated carbocycles. The molecule has 2 aromatic rings. The summed E-state index contributed by atoms with van der Waals surface area (Å²) in [5.74, 6) is -0.493. The maximum absolute atomic E-state index is 13.2. The highest BCUT2D eigenvalue weighted by molar-refractivity contribution is 5.58. The van der Waals surface area contributed by atoms with Crippen LogP contribution in [0, 0.1) is 11.6 Å². The van der Waals surface area contributed by atoms with Crippen molar-refractivity contribution in [3.05, 3.63) is 41.7 Å². The van der Waals surface area contributed by atoms with Crippen molar-refractivity contribution < 1.29 is 8.78 Å². The van der Waals surface area contributed by atoms with Gasteiger partial charge in [-0.05, 0) is 12.1 Å². The van der Waals surface area contributed by atoms with Crippen LogP contribution in [0.15, 0.2) is 24.3 Å². The zero-order chi connectivity index (χ0) is 14.9. The van der Waals surface area contributed by atoms with E-state index in [4.69, 9.17) is 5.73 Å². The van der Waals surface area contributed by atoms with Gasteiger partial charge in [0.25, 0.3) is 0 Å². The Morgan fingerprint density at radius 1 is 1.05 bits per heavy atom. The van der Waals surface area contributed by atoms with Crippen LogP contribution in [-0.4, -0.2) is 9.97 Å². The van der Waals surface area contributed by atoms with Crippen molar-refractivity contribution in [3.8, 4) is 0 Å². The Morgan fingerprint density at radius 3 is 2.35 bits per heavy atom. The second-order valence-corrected chi connectivity index (χ2v) is 5.51. The van der Waals surface area contributed by atoms with Crippen LogP contribution < -0.4 is 11.1 Å². The summed E-state index contributed by atoms with van der Waals surface area (Å²) in [7, 11) is 0. The van der Waals surface area contributed by atoms with Gasteiger partial charge in [-0.1, -0.05) is 20.8 Å². The molecule has 2 rings (SSSR count). The number of nitrogens with one attached hydrogen (secondary N) is 1. The fraction of sp³-hybridized carbons (Fsp3) is 0.286. The number of anilines is 3. The average molecular weight is 278 g/mol. The Hall–Kier alpha value is -2.24. The Kier molecular flexibility index (Phi) is 3.57. The minimum atomic E-state index is -0.923. The molecule has 0 bridgehead atoms. The Labute approximate surface area is 116 Å². The molecule has 0 radical (unpaired) electrons. The predicted octanol–water partition coefficient (Wildman–Crippen LogP) is 3.38. The quantitative estimate of drug-likeness (QED) is 0.884. The molecule has 0 aliphatic carbocycles. The first-order chi connectivity index (χ1) is 9.25. The van der Waals surface area contributed by atoms with E-state index < -0.39 is 11.6 Å². The minimum Gasteiger partial charge on any atom is -0.384 e. The van der Waals surface area contributed by atoms with Gasteiger partial charge in [-0.25, -0.2) is 18.7 Å². The van der Waals surface area contributed by atoms with Crippen molar-refractivity contribution in [2.75, 3.05) is 11.1 Å². The number of benzene rings is 1. The lowest BCUT2D eigenvalue weighted by atomic mass is 9.96. The largest absolute Gasteiger partial charge is 0.384 e. The second-order valence-electron chi connectivity index (χ2n) is 5.51. The molecular formula is C14H16F2N4. The highest BCUT2D eigenvalue weighted by Gasteiger charge is 2.18. The van der Waals surface area contributed by atoms with E-state index in [1.54, 1.807) is 0 Å². The third-order valence-electron chi connectivity index (χ3n) is 2.61. The average Bonchev–Trinajstić information content (AvgIpc) is 2.32. The smallest absolute Gasteiger partial charge is 0.160 e. The first-order valence-corrected chi connectivity index (χ1v) is 6.13. The Bertz CT molecular complexity index is 636. The molecule has 1 aromatic carbocycles. The number of nitrogens with two attached hydrogens (primary N) is 1. The topological polar surface area (TPSA) is 63.8 Å². The van der Waals surface area contributed by atoms with Crippen molar-refractivity contribution in [2.24, 2.45) is 0 Å². The molecule has 0 spiro atoms. The van der Waals surface area contributed by atoms with Gasteiger partial charge in [-0.3, -0.25) is 0 Å². The maximum Gasteiger partial charge on any atom is 0.160 e. The van der Waals surface area contributed by atoms with E-state index in [0.29, 0.717) is 23.1 Å². The number of nitrogen functional groups attached to an aromatic ring is 1. The third kappa shape index (κ3) is 3.20. The van der Waals surface area contributed by atoms with Crippen LogP contribution in [0.4, 0.5) is 26.1 Å². The lowest BCUT2D eigenvalue weighted by Gasteiger charge is -2.18. The van der Waals surface area contributed by atoms with Gasteiger partial charge in [0.2, 0.25) is 0 Å². The van der Waals surface area contributed by atoms with E-state index in [-0.39, 0.29) is 5.41 Å². The number of nitrogens with zero attached hydrogens (tertiary/aromatic N) is 2. The SMILES string of the molecule is CC(C)(C)c1nc(N)cc(Nc2ccc(F)c(F)c2)n1. The number of aromatic nitrogens is 2. The molecule has 106 valence electrons. The van der Waals surface area contributed by atoms with E-state index >= 15 is 0 Å². The Balaban J connectivity index is 2.33. The monoisotopic (exact) mass is 278 g/mol. The van der Waals surface area contributed by atoms with E-state index in [9.17, 15) is 8.78 Å². The van der Waals surface area contributed by atoms with Gasteiger partial charge < -0.3 is 11.1 Å². The summed E-state index contributed by atoms with van der Waals surface area (Å²) in [6.07, 6.45) is 0. The number of rotatable bonds is 2. The first kappa shape index (κ1) is 14.2. The van der Waals surface area contributed by atoms with Crippen molar-refractivity contribution in [1.82, 2.24) is 9.97 Å². The number of halogens is 2. The third-order valence-corrected chi connectivity index (χ3v) is 2.61. The molecule has 0 aliphatic heterocycles. The zero-order valence-electron chi connectivity index (χ0n) is 11.5. The van der Waals surface area contributed by atoms with E-state index in [2.05, 4.69) is 15.3 Å². The van der Waals surface area contributed by atoms with E-state index in [1.807, 2.05) is 20.8 Å². The molecule has 0 unspecified atom stereocenters. The summed E-state index contributed by atoms with van der Waals surface area (Å²) in [5, 5.41) is 2.89. The number of hydrogen-bond acceptors (Lipinski definition) is 4.